The molecule has 5 heteroatoms. The quantitative estimate of drug-likeness (QED) is 0.647. The molecule has 1 amide bonds. The van der Waals surface area contributed by atoms with Crippen molar-refractivity contribution in [3.05, 3.63) is 71.4 Å². The van der Waals surface area contributed by atoms with Gasteiger partial charge in [0.05, 0.1) is 0 Å². The van der Waals surface area contributed by atoms with Gasteiger partial charge in [0.1, 0.15) is 0 Å². The summed E-state index contributed by atoms with van der Waals surface area (Å²) in [6, 6.07) is 16.9. The standard InChI is InChI=1S/C19H18N2O2Se/c1-20-17(13-15-7-9-16(22)10-8-15)18(23)21(19(20)24)12-11-14-5-3-2-4-6-14/h2-10,13,22H,11-12H2,1H3/b17-13+. The number of hydrogen-bond acceptors (Lipinski definition) is 3. The minimum atomic E-state index is -0.0183. The first-order valence-electron chi connectivity index (χ1n) is 7.70. The van der Waals surface area contributed by atoms with Crippen molar-refractivity contribution in [1.29, 1.82) is 0 Å². The maximum absolute atomic E-state index is 12.7. The molecule has 0 spiro atoms. The van der Waals surface area contributed by atoms with Crippen molar-refractivity contribution in [3.63, 3.8) is 0 Å². The van der Waals surface area contributed by atoms with Crippen molar-refractivity contribution < 1.29 is 9.90 Å². The molecular weight excluding hydrogens is 367 g/mol. The van der Waals surface area contributed by atoms with Gasteiger partial charge in [0.2, 0.25) is 0 Å². The second-order valence-corrected chi connectivity index (χ2v) is 6.42. The van der Waals surface area contributed by atoms with Crippen LogP contribution in [-0.4, -0.2) is 54.6 Å². The van der Waals surface area contributed by atoms with Crippen molar-refractivity contribution in [1.82, 2.24) is 9.80 Å². The Morgan fingerprint density at radius 3 is 2.42 bits per heavy atom. The zero-order valence-electron chi connectivity index (χ0n) is 13.3. The Morgan fingerprint density at radius 1 is 1.08 bits per heavy atom. The Labute approximate surface area is 149 Å². The van der Waals surface area contributed by atoms with Gasteiger partial charge in [-0.2, -0.15) is 0 Å². The summed E-state index contributed by atoms with van der Waals surface area (Å²) in [5.41, 5.74) is 2.69. The monoisotopic (exact) mass is 386 g/mol. The van der Waals surface area contributed by atoms with Crippen LogP contribution >= 0.6 is 0 Å². The summed E-state index contributed by atoms with van der Waals surface area (Å²) in [6.45, 7) is 0.627. The van der Waals surface area contributed by atoms with Crippen molar-refractivity contribution in [3.8, 4) is 5.75 Å². The number of likely N-dealkylation sites (N-methyl/N-ethyl adjacent to an activating group) is 1. The Bertz CT molecular complexity index is 785. The fraction of sp³-hybridized carbons (Fsp3) is 0.158. The van der Waals surface area contributed by atoms with Crippen LogP contribution in [0.3, 0.4) is 0 Å². The number of rotatable bonds is 4. The molecule has 4 nitrogen and oxygen atoms in total. The van der Waals surface area contributed by atoms with E-state index in [0.717, 1.165) is 16.6 Å². The Morgan fingerprint density at radius 2 is 1.75 bits per heavy atom. The average molecular weight is 385 g/mol. The maximum atomic E-state index is 12.7. The number of nitrogens with zero attached hydrogens (tertiary/aromatic N) is 2. The number of phenols is 1. The molecule has 1 fully saturated rings. The van der Waals surface area contributed by atoms with Gasteiger partial charge in [-0.1, -0.05) is 0 Å². The van der Waals surface area contributed by atoms with E-state index in [1.807, 2.05) is 36.2 Å². The second-order valence-electron chi connectivity index (χ2n) is 5.66. The normalized spacial score (nSPS) is 16.3. The number of phenolic OH excluding ortho intramolecular Hbond substituents is 1. The molecule has 0 aliphatic carbocycles. The van der Waals surface area contributed by atoms with Crippen molar-refractivity contribution in [2.24, 2.45) is 0 Å². The van der Waals surface area contributed by atoms with Crippen molar-refractivity contribution in [2.75, 3.05) is 13.6 Å². The summed E-state index contributed by atoms with van der Waals surface area (Å²) in [7, 11) is 1.87. The molecule has 0 bridgehead atoms. The molecule has 3 rings (SSSR count). The van der Waals surface area contributed by atoms with E-state index in [9.17, 15) is 9.90 Å². The van der Waals surface area contributed by atoms with E-state index in [0.29, 0.717) is 12.2 Å². The van der Waals surface area contributed by atoms with E-state index < -0.39 is 0 Å². The predicted octanol–water partition coefficient (Wildman–Crippen LogP) is 2.01. The summed E-state index contributed by atoms with van der Waals surface area (Å²) in [5, 5.41) is 9.37. The minimum absolute atomic E-state index is 0.0183. The van der Waals surface area contributed by atoms with E-state index in [2.05, 4.69) is 27.7 Å². The van der Waals surface area contributed by atoms with Crippen molar-refractivity contribution in [2.45, 2.75) is 6.42 Å². The van der Waals surface area contributed by atoms with Gasteiger partial charge in [0.15, 0.2) is 0 Å². The predicted molar refractivity (Wildman–Crippen MR) is 96.5 cm³/mol. The summed E-state index contributed by atoms with van der Waals surface area (Å²) < 4.78 is 0.806. The van der Waals surface area contributed by atoms with E-state index in [1.165, 1.54) is 5.56 Å². The molecule has 0 atom stereocenters. The van der Waals surface area contributed by atoms with Gasteiger partial charge < -0.3 is 0 Å². The van der Waals surface area contributed by atoms with Crippen LogP contribution < -0.4 is 0 Å². The van der Waals surface area contributed by atoms with Gasteiger partial charge >= 0.3 is 149 Å². The zero-order chi connectivity index (χ0) is 17.1. The Hall–Kier alpha value is -2.36. The molecule has 1 aliphatic heterocycles. The number of amides is 1. The number of benzene rings is 2. The summed E-state index contributed by atoms with van der Waals surface area (Å²) in [6.07, 6.45) is 2.64. The molecule has 2 aromatic rings. The molecule has 0 aromatic heterocycles. The molecule has 1 N–H and O–H groups in total. The third kappa shape index (κ3) is 3.42. The van der Waals surface area contributed by atoms with Gasteiger partial charge in [-0.15, -0.1) is 0 Å². The Kier molecular flexibility index (Phi) is 4.84. The van der Waals surface area contributed by atoms with Crippen LogP contribution in [0.5, 0.6) is 5.75 Å². The summed E-state index contributed by atoms with van der Waals surface area (Å²) in [4.78, 5) is 16.4. The van der Waals surface area contributed by atoms with Gasteiger partial charge in [-0.25, -0.2) is 0 Å². The molecule has 122 valence electrons. The van der Waals surface area contributed by atoms with Gasteiger partial charge in [0.25, 0.3) is 0 Å². The van der Waals surface area contributed by atoms with E-state index in [1.54, 1.807) is 29.2 Å². The van der Waals surface area contributed by atoms with Crippen LogP contribution in [0.15, 0.2) is 60.3 Å². The molecule has 1 saturated heterocycles. The third-order valence-corrected chi connectivity index (χ3v) is 5.04. The first-order chi connectivity index (χ1) is 11.6. The molecule has 2 aromatic carbocycles. The molecule has 0 saturated carbocycles. The first kappa shape index (κ1) is 16.5. The third-order valence-electron chi connectivity index (χ3n) is 4.01. The van der Waals surface area contributed by atoms with E-state index in [-0.39, 0.29) is 11.7 Å². The number of aromatic hydroxyl groups is 1. The molecule has 1 aliphatic rings. The van der Waals surface area contributed by atoms with E-state index in [4.69, 9.17) is 0 Å². The van der Waals surface area contributed by atoms with Gasteiger partial charge in [-0.3, -0.25) is 0 Å². The van der Waals surface area contributed by atoms with Gasteiger partial charge in [-0.05, 0) is 0 Å². The number of hydrogen-bond donors (Lipinski definition) is 1. The van der Waals surface area contributed by atoms with Crippen LogP contribution in [-0.2, 0) is 11.2 Å². The SMILES string of the molecule is CN1C(=[Se])N(CCc2ccccc2)C(=O)/C1=C\c1ccc(O)cc1. The van der Waals surface area contributed by atoms with Gasteiger partial charge in [0, 0.05) is 0 Å². The van der Waals surface area contributed by atoms with E-state index >= 15 is 0 Å². The zero-order valence-corrected chi connectivity index (χ0v) is 15.1. The van der Waals surface area contributed by atoms with Crippen LogP contribution in [0.25, 0.3) is 6.08 Å². The number of carbonyl (C=O) groups is 1. The van der Waals surface area contributed by atoms with Crippen LogP contribution in [0, 0.1) is 0 Å². The Balaban J connectivity index is 1.77. The van der Waals surface area contributed by atoms with Crippen LogP contribution in [0.2, 0.25) is 0 Å². The average Bonchev–Trinajstić information content (AvgIpc) is 2.79. The fourth-order valence-corrected chi connectivity index (χ4v) is 3.19. The first-order valence-corrected chi connectivity index (χ1v) is 8.56. The molecule has 0 radical (unpaired) electrons. The molecular formula is C19H18N2O2Se. The molecule has 24 heavy (non-hydrogen) atoms. The van der Waals surface area contributed by atoms with Crippen LogP contribution in [0.1, 0.15) is 11.1 Å². The van der Waals surface area contributed by atoms with Crippen molar-refractivity contribution >= 4 is 32.2 Å². The molecule has 1 heterocycles. The molecule has 0 unspecified atom stereocenters. The fourth-order valence-electron chi connectivity index (χ4n) is 2.62. The second kappa shape index (κ2) is 7.03. The van der Waals surface area contributed by atoms with Crippen LogP contribution in [0.4, 0.5) is 0 Å². The topological polar surface area (TPSA) is 43.8 Å². The number of carbonyl (C=O) groups excluding carboxylic acids is 1. The summed E-state index contributed by atoms with van der Waals surface area (Å²) in [5.74, 6) is 0.194. The summed E-state index contributed by atoms with van der Waals surface area (Å²) >= 11 is 3.00.